The number of thiazole rings is 1. The number of nitrogens with one attached hydrogen (secondary N) is 1. The Morgan fingerprint density at radius 1 is 1.36 bits per heavy atom. The van der Waals surface area contributed by atoms with Crippen molar-refractivity contribution in [2.24, 2.45) is 0 Å². The van der Waals surface area contributed by atoms with Crippen molar-refractivity contribution >= 4 is 39.8 Å². The van der Waals surface area contributed by atoms with Gasteiger partial charge in [0, 0.05) is 5.69 Å². The minimum absolute atomic E-state index is 0.101. The Morgan fingerprint density at radius 3 is 2.88 bits per heavy atom. The third-order valence-electron chi connectivity index (χ3n) is 3.37. The van der Waals surface area contributed by atoms with Gasteiger partial charge in [-0.15, -0.1) is 11.8 Å². The summed E-state index contributed by atoms with van der Waals surface area (Å²) in [5.41, 5.74) is 8.19. The fraction of sp³-hybridized carbons (Fsp3) is 0.235. The number of oxazole rings is 1. The fourth-order valence-electron chi connectivity index (χ4n) is 2.08. The van der Waals surface area contributed by atoms with Gasteiger partial charge in [0.2, 0.25) is 11.8 Å². The van der Waals surface area contributed by atoms with E-state index < -0.39 is 0 Å². The quantitative estimate of drug-likeness (QED) is 0.483. The molecule has 25 heavy (non-hydrogen) atoms. The smallest absolute Gasteiger partial charge is 0.230 e. The molecule has 8 heteroatoms. The van der Waals surface area contributed by atoms with E-state index in [0.717, 1.165) is 21.9 Å². The highest BCUT2D eigenvalue weighted by Crippen LogP contribution is 2.30. The Morgan fingerprint density at radius 2 is 2.16 bits per heavy atom. The van der Waals surface area contributed by atoms with Crippen molar-refractivity contribution < 1.29 is 9.21 Å². The maximum atomic E-state index is 12.1. The molecule has 0 atom stereocenters. The van der Waals surface area contributed by atoms with Gasteiger partial charge in [-0.2, -0.15) is 0 Å². The van der Waals surface area contributed by atoms with E-state index in [1.54, 1.807) is 36.4 Å². The molecule has 0 unspecified atom stereocenters. The molecule has 3 rings (SSSR count). The summed E-state index contributed by atoms with van der Waals surface area (Å²) in [6.45, 7) is 2.04. The zero-order chi connectivity index (χ0) is 17.6. The van der Waals surface area contributed by atoms with Crippen LogP contribution in [0.4, 0.5) is 10.8 Å². The molecule has 0 bridgehead atoms. The summed E-state index contributed by atoms with van der Waals surface area (Å²) in [4.78, 5) is 20.7. The van der Waals surface area contributed by atoms with E-state index in [9.17, 15) is 4.79 Å². The molecule has 3 N–H and O–H groups in total. The molecule has 1 amide bonds. The van der Waals surface area contributed by atoms with E-state index in [4.69, 9.17) is 10.2 Å². The molecule has 0 aliphatic carbocycles. The lowest BCUT2D eigenvalue weighted by Gasteiger charge is -2.02. The third kappa shape index (κ3) is 5.07. The lowest BCUT2D eigenvalue weighted by Crippen LogP contribution is -2.14. The highest BCUT2D eigenvalue weighted by molar-refractivity contribution is 8.00. The first-order valence-corrected chi connectivity index (χ1v) is 9.58. The summed E-state index contributed by atoms with van der Waals surface area (Å²) in [5.74, 6) is 1.24. The number of hydrogen-bond acceptors (Lipinski definition) is 7. The number of benzene rings is 1. The van der Waals surface area contributed by atoms with Crippen LogP contribution in [0.1, 0.15) is 24.1 Å². The molecule has 0 aliphatic rings. The van der Waals surface area contributed by atoms with Gasteiger partial charge in [-0.05, 0) is 24.1 Å². The second-order valence-corrected chi connectivity index (χ2v) is 7.63. The summed E-state index contributed by atoms with van der Waals surface area (Å²) in [7, 11) is 0. The summed E-state index contributed by atoms with van der Waals surface area (Å²) >= 11 is 3.02. The van der Waals surface area contributed by atoms with Gasteiger partial charge in [0.15, 0.2) is 5.13 Å². The molecule has 130 valence electrons. The minimum Gasteiger partial charge on any atom is -0.448 e. The largest absolute Gasteiger partial charge is 0.448 e. The highest BCUT2D eigenvalue weighted by Gasteiger charge is 2.10. The molecular formula is C17H18N4O2S2. The maximum absolute atomic E-state index is 12.1. The van der Waals surface area contributed by atoms with Crippen LogP contribution < -0.4 is 11.1 Å². The number of hydrogen-bond donors (Lipinski definition) is 2. The predicted molar refractivity (Wildman–Crippen MR) is 101 cm³/mol. The molecule has 6 nitrogen and oxygen atoms in total. The molecular weight excluding hydrogens is 356 g/mol. The van der Waals surface area contributed by atoms with E-state index >= 15 is 0 Å². The normalized spacial score (nSPS) is 10.8. The highest BCUT2D eigenvalue weighted by atomic mass is 32.2. The number of rotatable bonds is 7. The topological polar surface area (TPSA) is 94.0 Å². The van der Waals surface area contributed by atoms with Crippen molar-refractivity contribution in [2.45, 2.75) is 29.7 Å². The number of carbonyl (C=O) groups excluding carboxylic acids is 1. The minimum atomic E-state index is -0.101. The van der Waals surface area contributed by atoms with Crippen LogP contribution in [-0.4, -0.2) is 15.9 Å². The Labute approximate surface area is 153 Å². The van der Waals surface area contributed by atoms with Crippen molar-refractivity contribution in [3.63, 3.8) is 0 Å². The number of nitrogen functional groups attached to an aromatic ring is 1. The van der Waals surface area contributed by atoms with E-state index in [0.29, 0.717) is 28.9 Å². The van der Waals surface area contributed by atoms with Crippen LogP contribution in [-0.2, 0) is 23.4 Å². The summed E-state index contributed by atoms with van der Waals surface area (Å²) in [6, 6.07) is 7.26. The molecule has 0 fully saturated rings. The average Bonchev–Trinajstić information content (AvgIpc) is 3.24. The predicted octanol–water partition coefficient (Wildman–Crippen LogP) is 3.75. The first kappa shape index (κ1) is 17.5. The number of carbonyl (C=O) groups is 1. The molecule has 0 saturated heterocycles. The second kappa shape index (κ2) is 8.17. The third-order valence-corrected chi connectivity index (χ3v) is 5.47. The average molecular weight is 374 g/mol. The van der Waals surface area contributed by atoms with Crippen molar-refractivity contribution in [1.29, 1.82) is 0 Å². The van der Waals surface area contributed by atoms with Gasteiger partial charge in [-0.3, -0.25) is 4.79 Å². The number of aryl methyl sites for hydroxylation is 1. The molecule has 0 aliphatic heterocycles. The number of amides is 1. The molecule has 2 aromatic heterocycles. The molecule has 3 aromatic rings. The SMILES string of the molecule is CCc1coc(CSc2cnc(NC(=O)Cc3ccc(N)cc3)s2)n1. The summed E-state index contributed by atoms with van der Waals surface area (Å²) in [5, 5.41) is 3.41. The molecule has 0 radical (unpaired) electrons. The summed E-state index contributed by atoms with van der Waals surface area (Å²) in [6.07, 6.45) is 4.58. The lowest BCUT2D eigenvalue weighted by molar-refractivity contribution is -0.115. The van der Waals surface area contributed by atoms with Gasteiger partial charge in [0.05, 0.1) is 28.3 Å². The maximum Gasteiger partial charge on any atom is 0.230 e. The standard InChI is InChI=1S/C17H18N4O2S2/c1-2-13-9-23-15(20-13)10-24-16-8-19-17(25-16)21-14(22)7-11-3-5-12(18)6-4-11/h3-6,8-9H,2,7,10,18H2,1H3,(H,19,21,22). The first-order valence-electron chi connectivity index (χ1n) is 7.78. The molecule has 2 heterocycles. The van der Waals surface area contributed by atoms with Crippen molar-refractivity contribution in [3.8, 4) is 0 Å². The molecule has 0 spiro atoms. The van der Waals surface area contributed by atoms with Gasteiger partial charge >= 0.3 is 0 Å². The summed E-state index contributed by atoms with van der Waals surface area (Å²) < 4.78 is 6.40. The Kier molecular flexibility index (Phi) is 5.72. The van der Waals surface area contributed by atoms with Crippen molar-refractivity contribution in [1.82, 2.24) is 9.97 Å². The number of thioether (sulfide) groups is 1. The molecule has 1 aromatic carbocycles. The van der Waals surface area contributed by atoms with Crippen LogP contribution >= 0.6 is 23.1 Å². The van der Waals surface area contributed by atoms with Gasteiger partial charge in [-0.1, -0.05) is 30.4 Å². The van der Waals surface area contributed by atoms with E-state index in [1.165, 1.54) is 11.3 Å². The van der Waals surface area contributed by atoms with Crippen LogP contribution in [0.25, 0.3) is 0 Å². The number of aromatic nitrogens is 2. The monoisotopic (exact) mass is 374 g/mol. The van der Waals surface area contributed by atoms with Crippen molar-refractivity contribution in [2.75, 3.05) is 11.1 Å². The first-order chi connectivity index (χ1) is 12.1. The van der Waals surface area contributed by atoms with Gasteiger partial charge < -0.3 is 15.5 Å². The van der Waals surface area contributed by atoms with Crippen molar-refractivity contribution in [3.05, 3.63) is 53.9 Å². The second-order valence-electron chi connectivity index (χ2n) is 5.33. The zero-order valence-corrected chi connectivity index (χ0v) is 15.3. The number of anilines is 2. The van der Waals surface area contributed by atoms with Crippen LogP contribution in [0.2, 0.25) is 0 Å². The van der Waals surface area contributed by atoms with E-state index in [1.807, 2.05) is 19.1 Å². The van der Waals surface area contributed by atoms with E-state index in [2.05, 4.69) is 15.3 Å². The fourth-order valence-corrected chi connectivity index (χ4v) is 3.82. The van der Waals surface area contributed by atoms with E-state index in [-0.39, 0.29) is 5.91 Å². The van der Waals surface area contributed by atoms with Gasteiger partial charge in [-0.25, -0.2) is 9.97 Å². The van der Waals surface area contributed by atoms with Crippen LogP contribution in [0.5, 0.6) is 0 Å². The van der Waals surface area contributed by atoms with Gasteiger partial charge in [0.25, 0.3) is 0 Å². The zero-order valence-electron chi connectivity index (χ0n) is 13.7. The lowest BCUT2D eigenvalue weighted by atomic mass is 10.1. The van der Waals surface area contributed by atoms with Gasteiger partial charge in [0.1, 0.15) is 6.26 Å². The Balaban J connectivity index is 1.50. The van der Waals surface area contributed by atoms with Crippen LogP contribution in [0.15, 0.2) is 45.4 Å². The van der Waals surface area contributed by atoms with Crippen LogP contribution in [0.3, 0.4) is 0 Å². The molecule has 0 saturated carbocycles. The number of nitrogens with zero attached hydrogens (tertiary/aromatic N) is 2. The van der Waals surface area contributed by atoms with Crippen LogP contribution in [0, 0.1) is 0 Å². The number of nitrogens with two attached hydrogens (primary N) is 1. The Hall–Kier alpha value is -2.32. The Bertz CT molecular complexity index is 842.